The highest BCUT2D eigenvalue weighted by Gasteiger charge is 2.21. The maximum absolute atomic E-state index is 2.47. The summed E-state index contributed by atoms with van der Waals surface area (Å²) in [6.45, 7) is 0. The molecule has 0 aliphatic carbocycles. The van der Waals surface area contributed by atoms with Crippen molar-refractivity contribution in [2.24, 2.45) is 0 Å². The van der Waals surface area contributed by atoms with E-state index in [0.29, 0.717) is 0 Å². The Morgan fingerprint density at radius 3 is 1.30 bits per heavy atom. The number of benzene rings is 12. The highest BCUT2D eigenvalue weighted by Crippen LogP contribution is 2.49. The van der Waals surface area contributed by atoms with Gasteiger partial charge in [0.25, 0.3) is 0 Å². The summed E-state index contributed by atoms with van der Waals surface area (Å²) in [5.41, 5.74) is 7.58. The van der Waals surface area contributed by atoms with Crippen LogP contribution in [0.1, 0.15) is 0 Å². The van der Waals surface area contributed by atoms with E-state index in [9.17, 15) is 0 Å². The van der Waals surface area contributed by atoms with Gasteiger partial charge in [-0.2, -0.15) is 0 Å². The Kier molecular flexibility index (Phi) is 6.15. The normalized spacial score (nSPS) is 12.1. The molecule has 0 aliphatic heterocycles. The Balaban J connectivity index is 1.24. The highest BCUT2D eigenvalue weighted by atomic mass is 14.2. The zero-order valence-corrected chi connectivity index (χ0v) is 29.5. The first kappa shape index (κ1) is 29.5. The van der Waals surface area contributed by atoms with E-state index in [2.05, 4.69) is 194 Å². The third kappa shape index (κ3) is 4.20. The van der Waals surface area contributed by atoms with E-state index in [1.54, 1.807) is 0 Å². The molecule has 0 spiro atoms. The average molecular weight is 681 g/mol. The molecular weight excluding hydrogens is 649 g/mol. The van der Waals surface area contributed by atoms with Crippen LogP contribution in [0.2, 0.25) is 0 Å². The van der Waals surface area contributed by atoms with Gasteiger partial charge in [-0.3, -0.25) is 0 Å². The standard InChI is InChI=1S/C54H32/c1-2-12-35-29-38(22-21-33(35)11-1)49-32-52(51-31-37-14-4-6-16-40(37)42-18-8-10-20-44(42)51)48-26-24-34-23-25-45(46-27-28-47(49)54(48)53(34)46)50-30-36-13-3-5-15-39(36)41-17-7-9-19-43(41)50/h1-32H. The lowest BCUT2D eigenvalue weighted by Crippen LogP contribution is -1.94. The topological polar surface area (TPSA) is 0 Å². The van der Waals surface area contributed by atoms with Crippen LogP contribution in [0.4, 0.5) is 0 Å². The van der Waals surface area contributed by atoms with Gasteiger partial charge in [0.05, 0.1) is 0 Å². The van der Waals surface area contributed by atoms with Crippen molar-refractivity contribution in [3.8, 4) is 33.4 Å². The fraction of sp³-hybridized carbons (Fsp3) is 0. The molecule has 0 bridgehead atoms. The van der Waals surface area contributed by atoms with Gasteiger partial charge in [-0.15, -0.1) is 0 Å². The summed E-state index contributed by atoms with van der Waals surface area (Å²) in [7, 11) is 0. The lowest BCUT2D eigenvalue weighted by Gasteiger charge is -2.21. The number of hydrogen-bond donors (Lipinski definition) is 0. The van der Waals surface area contributed by atoms with Crippen LogP contribution in [-0.2, 0) is 0 Å². The number of rotatable bonds is 3. The van der Waals surface area contributed by atoms with E-state index in [0.717, 1.165) is 0 Å². The second-order valence-electron chi connectivity index (χ2n) is 14.8. The lowest BCUT2D eigenvalue weighted by molar-refractivity contribution is 1.67. The van der Waals surface area contributed by atoms with Crippen LogP contribution in [0.15, 0.2) is 194 Å². The SMILES string of the molecule is c1ccc2cc(-c3cc(-c4cc5ccccc5c5ccccc45)c4ccc5ccc(-c6cc7ccccc7c7ccccc67)c6ccc3c4c56)ccc2c1. The second kappa shape index (κ2) is 11.2. The van der Waals surface area contributed by atoms with Crippen LogP contribution in [0, 0.1) is 0 Å². The van der Waals surface area contributed by atoms with Crippen LogP contribution in [-0.4, -0.2) is 0 Å². The predicted molar refractivity (Wildman–Crippen MR) is 234 cm³/mol. The molecule has 0 atom stereocenters. The van der Waals surface area contributed by atoms with Crippen molar-refractivity contribution < 1.29 is 0 Å². The molecular formula is C54H32. The van der Waals surface area contributed by atoms with Crippen molar-refractivity contribution in [2.75, 3.05) is 0 Å². The van der Waals surface area contributed by atoms with Crippen LogP contribution < -0.4 is 0 Å². The molecule has 12 aromatic carbocycles. The van der Waals surface area contributed by atoms with Gasteiger partial charge in [0.1, 0.15) is 0 Å². The number of fused-ring (bicyclic) bond motifs is 7. The summed E-state index contributed by atoms with van der Waals surface area (Å²) in [6, 6.07) is 72.6. The van der Waals surface area contributed by atoms with Crippen molar-refractivity contribution >= 4 is 86.2 Å². The van der Waals surface area contributed by atoms with Gasteiger partial charge in [-0.05, 0) is 144 Å². The average Bonchev–Trinajstić information content (AvgIpc) is 3.24. The molecule has 12 aromatic rings. The Morgan fingerprint density at radius 1 is 0.185 bits per heavy atom. The Bertz CT molecular complexity index is 3490. The Labute approximate surface area is 312 Å². The smallest absolute Gasteiger partial charge is 0.00141 e. The molecule has 0 heterocycles. The van der Waals surface area contributed by atoms with E-state index < -0.39 is 0 Å². The predicted octanol–water partition coefficient (Wildman–Crippen LogP) is 15.4. The molecule has 12 rings (SSSR count). The molecule has 0 saturated heterocycles. The first-order valence-electron chi connectivity index (χ1n) is 18.8. The molecule has 54 heavy (non-hydrogen) atoms. The molecule has 0 fully saturated rings. The third-order valence-electron chi connectivity index (χ3n) is 12.0. The van der Waals surface area contributed by atoms with Crippen LogP contribution >= 0.6 is 0 Å². The fourth-order valence-corrected chi connectivity index (χ4v) is 9.50. The number of hydrogen-bond acceptors (Lipinski definition) is 0. The van der Waals surface area contributed by atoms with E-state index in [1.807, 2.05) is 0 Å². The van der Waals surface area contributed by atoms with E-state index in [1.165, 1.54) is 120 Å². The first-order chi connectivity index (χ1) is 26.8. The van der Waals surface area contributed by atoms with Crippen LogP contribution in [0.5, 0.6) is 0 Å². The fourth-order valence-electron chi connectivity index (χ4n) is 9.50. The lowest BCUT2D eigenvalue weighted by atomic mass is 9.82. The molecule has 0 aliphatic rings. The Morgan fingerprint density at radius 2 is 0.630 bits per heavy atom. The van der Waals surface area contributed by atoms with Crippen molar-refractivity contribution in [3.05, 3.63) is 194 Å². The minimum atomic E-state index is 1.23. The van der Waals surface area contributed by atoms with Gasteiger partial charge in [-0.1, -0.05) is 170 Å². The molecule has 0 heteroatoms. The minimum absolute atomic E-state index is 1.23. The summed E-state index contributed by atoms with van der Waals surface area (Å²) < 4.78 is 0. The van der Waals surface area contributed by atoms with Gasteiger partial charge in [0, 0.05) is 0 Å². The van der Waals surface area contributed by atoms with Crippen molar-refractivity contribution in [1.82, 2.24) is 0 Å². The molecule has 0 unspecified atom stereocenters. The van der Waals surface area contributed by atoms with Crippen LogP contribution in [0.25, 0.3) is 120 Å². The zero-order chi connectivity index (χ0) is 35.3. The highest BCUT2D eigenvalue weighted by molar-refractivity contribution is 6.32. The second-order valence-corrected chi connectivity index (χ2v) is 14.8. The van der Waals surface area contributed by atoms with E-state index in [-0.39, 0.29) is 0 Å². The van der Waals surface area contributed by atoms with E-state index in [4.69, 9.17) is 0 Å². The monoisotopic (exact) mass is 680 g/mol. The largest absolute Gasteiger partial charge is 0.0616 e. The zero-order valence-electron chi connectivity index (χ0n) is 29.5. The minimum Gasteiger partial charge on any atom is -0.0616 e. The maximum atomic E-state index is 2.47. The summed E-state index contributed by atoms with van der Waals surface area (Å²) in [5, 5.41) is 20.5. The summed E-state index contributed by atoms with van der Waals surface area (Å²) in [6.07, 6.45) is 0. The van der Waals surface area contributed by atoms with Crippen molar-refractivity contribution in [2.45, 2.75) is 0 Å². The Hall–Kier alpha value is -7.02. The molecule has 0 saturated carbocycles. The molecule has 0 N–H and O–H groups in total. The molecule has 248 valence electrons. The van der Waals surface area contributed by atoms with Crippen molar-refractivity contribution in [3.63, 3.8) is 0 Å². The molecule has 0 radical (unpaired) electrons. The van der Waals surface area contributed by atoms with E-state index >= 15 is 0 Å². The molecule has 0 aromatic heterocycles. The van der Waals surface area contributed by atoms with Gasteiger partial charge in [0.2, 0.25) is 0 Å². The summed E-state index contributed by atoms with van der Waals surface area (Å²) >= 11 is 0. The van der Waals surface area contributed by atoms with Gasteiger partial charge < -0.3 is 0 Å². The molecule has 0 amide bonds. The maximum Gasteiger partial charge on any atom is -0.00141 e. The van der Waals surface area contributed by atoms with Crippen molar-refractivity contribution in [1.29, 1.82) is 0 Å². The molecule has 0 nitrogen and oxygen atoms in total. The summed E-state index contributed by atoms with van der Waals surface area (Å²) in [4.78, 5) is 0. The quantitative estimate of drug-likeness (QED) is 0.163. The van der Waals surface area contributed by atoms with Gasteiger partial charge >= 0.3 is 0 Å². The van der Waals surface area contributed by atoms with Gasteiger partial charge in [-0.25, -0.2) is 0 Å². The summed E-state index contributed by atoms with van der Waals surface area (Å²) in [5.74, 6) is 0. The van der Waals surface area contributed by atoms with Crippen LogP contribution in [0.3, 0.4) is 0 Å². The van der Waals surface area contributed by atoms with Gasteiger partial charge in [0.15, 0.2) is 0 Å². The third-order valence-corrected chi connectivity index (χ3v) is 12.0. The first-order valence-corrected chi connectivity index (χ1v) is 18.8.